The Balaban J connectivity index is 2.49. The first-order chi connectivity index (χ1) is 8.15. The van der Waals surface area contributed by atoms with Crippen LogP contribution in [0.1, 0.15) is 24.0 Å². The number of primary amides is 1. The Morgan fingerprint density at radius 2 is 2.00 bits per heavy atom. The van der Waals surface area contributed by atoms with E-state index in [-0.39, 0.29) is 5.92 Å². The molecule has 1 saturated carbocycles. The highest BCUT2D eigenvalue weighted by atomic mass is 16.2. The van der Waals surface area contributed by atoms with E-state index in [9.17, 15) is 9.59 Å². The molecule has 1 aromatic rings. The second-order valence-electron chi connectivity index (χ2n) is 4.31. The van der Waals surface area contributed by atoms with Crippen LogP contribution in [-0.2, 0) is 15.0 Å². The van der Waals surface area contributed by atoms with Crippen LogP contribution in [0.5, 0.6) is 0 Å². The standard InChI is InChI=1S/C13H12N2O2/c14-7-9-1-3-10(4-2-9)13(8-16,12(15)17)11-5-6-11/h1-4,8,11H,5-6H2,(H2,15,17). The number of hydrogen-bond acceptors (Lipinski definition) is 3. The first-order valence-electron chi connectivity index (χ1n) is 5.42. The molecule has 0 spiro atoms. The minimum Gasteiger partial charge on any atom is -0.369 e. The average molecular weight is 228 g/mol. The number of hydrogen-bond donors (Lipinski definition) is 1. The second-order valence-corrected chi connectivity index (χ2v) is 4.31. The van der Waals surface area contributed by atoms with Crippen LogP contribution in [0.2, 0.25) is 0 Å². The Morgan fingerprint density at radius 1 is 1.41 bits per heavy atom. The highest BCUT2D eigenvalue weighted by Gasteiger charge is 2.51. The van der Waals surface area contributed by atoms with Crippen molar-refractivity contribution in [1.82, 2.24) is 0 Å². The van der Waals surface area contributed by atoms with E-state index in [4.69, 9.17) is 11.0 Å². The zero-order chi connectivity index (χ0) is 12.5. The molecule has 1 atom stereocenters. The molecule has 1 fully saturated rings. The van der Waals surface area contributed by atoms with E-state index in [1.165, 1.54) is 0 Å². The van der Waals surface area contributed by atoms with Gasteiger partial charge < -0.3 is 10.5 Å². The van der Waals surface area contributed by atoms with Crippen LogP contribution in [-0.4, -0.2) is 12.2 Å². The van der Waals surface area contributed by atoms with Crippen molar-refractivity contribution in [2.45, 2.75) is 18.3 Å². The van der Waals surface area contributed by atoms with E-state index in [2.05, 4.69) is 0 Å². The quantitative estimate of drug-likeness (QED) is 0.613. The number of carbonyl (C=O) groups excluding carboxylic acids is 2. The maximum atomic E-state index is 11.6. The number of nitriles is 1. The van der Waals surface area contributed by atoms with Crippen LogP contribution in [0.15, 0.2) is 24.3 Å². The van der Waals surface area contributed by atoms with E-state index < -0.39 is 11.3 Å². The Morgan fingerprint density at radius 3 is 2.35 bits per heavy atom. The lowest BCUT2D eigenvalue weighted by Gasteiger charge is -2.24. The Hall–Kier alpha value is -2.15. The predicted molar refractivity (Wildman–Crippen MR) is 60.8 cm³/mol. The van der Waals surface area contributed by atoms with Gasteiger partial charge in [0.25, 0.3) is 0 Å². The number of rotatable bonds is 4. The SMILES string of the molecule is N#Cc1ccc(C(C=O)(C(N)=O)C2CC2)cc1. The third-order valence-electron chi connectivity index (χ3n) is 3.31. The number of aldehydes is 1. The molecule has 2 rings (SSSR count). The lowest BCUT2D eigenvalue weighted by atomic mass is 9.76. The molecule has 4 heteroatoms. The molecule has 1 amide bonds. The maximum absolute atomic E-state index is 11.6. The van der Waals surface area contributed by atoms with Gasteiger partial charge in [0.2, 0.25) is 5.91 Å². The van der Waals surface area contributed by atoms with E-state index >= 15 is 0 Å². The van der Waals surface area contributed by atoms with Crippen LogP contribution in [0, 0.1) is 17.2 Å². The van der Waals surface area contributed by atoms with Crippen LogP contribution in [0.3, 0.4) is 0 Å². The normalized spacial score (nSPS) is 17.8. The molecule has 2 N–H and O–H groups in total. The average Bonchev–Trinajstić information content (AvgIpc) is 3.16. The van der Waals surface area contributed by atoms with Crippen molar-refractivity contribution in [3.05, 3.63) is 35.4 Å². The van der Waals surface area contributed by atoms with Gasteiger partial charge in [0.05, 0.1) is 11.6 Å². The number of carbonyl (C=O) groups is 2. The third kappa shape index (κ3) is 1.70. The van der Waals surface area contributed by atoms with Gasteiger partial charge >= 0.3 is 0 Å². The van der Waals surface area contributed by atoms with Gasteiger partial charge in [-0.1, -0.05) is 12.1 Å². The monoisotopic (exact) mass is 228 g/mol. The number of nitrogens with zero attached hydrogens (tertiary/aromatic N) is 1. The van der Waals surface area contributed by atoms with Gasteiger partial charge in [0.1, 0.15) is 11.7 Å². The van der Waals surface area contributed by atoms with Crippen molar-refractivity contribution in [2.24, 2.45) is 11.7 Å². The van der Waals surface area contributed by atoms with Crippen molar-refractivity contribution < 1.29 is 9.59 Å². The summed E-state index contributed by atoms with van der Waals surface area (Å²) in [4.78, 5) is 23.0. The van der Waals surface area contributed by atoms with Crippen LogP contribution < -0.4 is 5.73 Å². The van der Waals surface area contributed by atoms with Crippen LogP contribution >= 0.6 is 0 Å². The Bertz CT molecular complexity index is 497. The number of benzene rings is 1. The van der Waals surface area contributed by atoms with Crippen LogP contribution in [0.4, 0.5) is 0 Å². The molecule has 0 bridgehead atoms. The highest BCUT2D eigenvalue weighted by Crippen LogP contribution is 2.46. The summed E-state index contributed by atoms with van der Waals surface area (Å²) >= 11 is 0. The largest absolute Gasteiger partial charge is 0.369 e. The lowest BCUT2D eigenvalue weighted by molar-refractivity contribution is -0.129. The lowest BCUT2D eigenvalue weighted by Crippen LogP contribution is -2.44. The van der Waals surface area contributed by atoms with Gasteiger partial charge in [-0.15, -0.1) is 0 Å². The molecule has 1 aliphatic carbocycles. The van der Waals surface area contributed by atoms with Gasteiger partial charge in [-0.05, 0) is 36.5 Å². The van der Waals surface area contributed by atoms with Crippen molar-refractivity contribution in [1.29, 1.82) is 5.26 Å². The fraction of sp³-hybridized carbons (Fsp3) is 0.308. The molecule has 0 aromatic heterocycles. The summed E-state index contributed by atoms with van der Waals surface area (Å²) in [6.07, 6.45) is 2.32. The Kier molecular flexibility index (Phi) is 2.68. The minimum atomic E-state index is -1.21. The summed E-state index contributed by atoms with van der Waals surface area (Å²) in [6, 6.07) is 8.46. The molecule has 0 aliphatic heterocycles. The minimum absolute atomic E-state index is 0.00503. The Labute approximate surface area is 99.0 Å². The molecule has 17 heavy (non-hydrogen) atoms. The van der Waals surface area contributed by atoms with Crippen molar-refractivity contribution in [3.63, 3.8) is 0 Å². The third-order valence-corrected chi connectivity index (χ3v) is 3.31. The van der Waals surface area contributed by atoms with E-state index in [1.54, 1.807) is 24.3 Å². The second kappa shape index (κ2) is 4.02. The molecule has 0 saturated heterocycles. The molecular weight excluding hydrogens is 216 g/mol. The van der Waals surface area contributed by atoms with E-state index in [0.717, 1.165) is 12.8 Å². The van der Waals surface area contributed by atoms with Gasteiger partial charge in [-0.3, -0.25) is 4.79 Å². The predicted octanol–water partition coefficient (Wildman–Crippen LogP) is 0.890. The fourth-order valence-corrected chi connectivity index (χ4v) is 2.16. The van der Waals surface area contributed by atoms with E-state index in [0.29, 0.717) is 17.4 Å². The van der Waals surface area contributed by atoms with Gasteiger partial charge in [0.15, 0.2) is 0 Å². The smallest absolute Gasteiger partial charge is 0.235 e. The molecule has 86 valence electrons. The van der Waals surface area contributed by atoms with E-state index in [1.807, 2.05) is 6.07 Å². The summed E-state index contributed by atoms with van der Waals surface area (Å²) in [7, 11) is 0. The zero-order valence-corrected chi connectivity index (χ0v) is 9.22. The van der Waals surface area contributed by atoms with Crippen LogP contribution in [0.25, 0.3) is 0 Å². The first-order valence-corrected chi connectivity index (χ1v) is 5.42. The highest BCUT2D eigenvalue weighted by molar-refractivity contribution is 6.03. The summed E-state index contributed by atoms with van der Waals surface area (Å²) in [5, 5.41) is 8.71. The fourth-order valence-electron chi connectivity index (χ4n) is 2.16. The van der Waals surface area contributed by atoms with Gasteiger partial charge in [-0.2, -0.15) is 5.26 Å². The molecule has 1 unspecified atom stereocenters. The molecule has 1 aliphatic rings. The summed E-state index contributed by atoms with van der Waals surface area (Å²) in [6.45, 7) is 0. The summed E-state index contributed by atoms with van der Waals surface area (Å²) in [5.74, 6) is -0.606. The molecular formula is C13H12N2O2. The maximum Gasteiger partial charge on any atom is 0.235 e. The van der Waals surface area contributed by atoms with Crippen molar-refractivity contribution >= 4 is 12.2 Å². The van der Waals surface area contributed by atoms with Crippen molar-refractivity contribution in [2.75, 3.05) is 0 Å². The van der Waals surface area contributed by atoms with Crippen molar-refractivity contribution in [3.8, 4) is 6.07 Å². The van der Waals surface area contributed by atoms with Gasteiger partial charge in [-0.25, -0.2) is 0 Å². The topological polar surface area (TPSA) is 83.9 Å². The molecule has 0 heterocycles. The summed E-state index contributed by atoms with van der Waals surface area (Å²) < 4.78 is 0. The zero-order valence-electron chi connectivity index (χ0n) is 9.22. The summed E-state index contributed by atoms with van der Waals surface area (Å²) in [5.41, 5.74) is 5.26. The van der Waals surface area contributed by atoms with Gasteiger partial charge in [0, 0.05) is 0 Å². The molecule has 4 nitrogen and oxygen atoms in total. The number of amides is 1. The molecule has 1 aromatic carbocycles. The first kappa shape index (κ1) is 11.3. The molecule has 0 radical (unpaired) electrons. The number of nitrogens with two attached hydrogens (primary N) is 1.